The van der Waals surface area contributed by atoms with E-state index in [0.717, 1.165) is 18.9 Å². The van der Waals surface area contributed by atoms with Crippen LogP contribution in [-0.4, -0.2) is 37.0 Å². The first-order valence-corrected chi connectivity index (χ1v) is 16.3. The van der Waals surface area contributed by atoms with Crippen LogP contribution in [0.5, 0.6) is 5.75 Å². The lowest BCUT2D eigenvalue weighted by Gasteiger charge is -2.37. The van der Waals surface area contributed by atoms with Crippen LogP contribution in [0.3, 0.4) is 0 Å². The fourth-order valence-corrected chi connectivity index (χ4v) is 6.86. The Morgan fingerprint density at radius 1 is 1.13 bits per heavy atom. The first-order valence-electron chi connectivity index (χ1n) is 15.5. The molecular formula is C36H40Cl2F2N4O3. The summed E-state index contributed by atoms with van der Waals surface area (Å²) in [6.45, 7) is 9.84. The summed E-state index contributed by atoms with van der Waals surface area (Å²) >= 11 is 12.3. The third kappa shape index (κ3) is 7.56. The Kier molecular flexibility index (Phi) is 11.2. The maximum Gasteiger partial charge on any atom is 0.251 e. The number of methoxy groups -OCH3 is 1. The number of amides is 2. The smallest absolute Gasteiger partial charge is 0.251 e. The van der Waals surface area contributed by atoms with Crippen LogP contribution >= 0.6 is 23.2 Å². The van der Waals surface area contributed by atoms with E-state index in [1.165, 1.54) is 43.5 Å². The van der Waals surface area contributed by atoms with Gasteiger partial charge in [-0.25, -0.2) is 8.78 Å². The minimum atomic E-state index is -1.77. The number of halogens is 4. The van der Waals surface area contributed by atoms with Crippen LogP contribution in [0.4, 0.5) is 14.5 Å². The Morgan fingerprint density at radius 2 is 1.85 bits per heavy atom. The highest BCUT2D eigenvalue weighted by molar-refractivity contribution is 6.31. The monoisotopic (exact) mass is 684 g/mol. The summed E-state index contributed by atoms with van der Waals surface area (Å²) in [6.07, 6.45) is 2.06. The number of ether oxygens (including phenoxy) is 1. The molecule has 3 N–H and O–H groups in total. The van der Waals surface area contributed by atoms with Gasteiger partial charge in [-0.1, -0.05) is 75.5 Å². The lowest BCUT2D eigenvalue weighted by molar-refractivity contribution is -0.118. The van der Waals surface area contributed by atoms with E-state index in [4.69, 9.17) is 27.9 Å². The van der Waals surface area contributed by atoms with Crippen molar-refractivity contribution in [2.45, 2.75) is 83.3 Å². The molecule has 0 aromatic heterocycles. The maximum absolute atomic E-state index is 15.9. The van der Waals surface area contributed by atoms with Crippen molar-refractivity contribution in [3.05, 3.63) is 93.0 Å². The summed E-state index contributed by atoms with van der Waals surface area (Å²) in [7, 11) is 1.41. The van der Waals surface area contributed by atoms with Crippen molar-refractivity contribution in [1.82, 2.24) is 10.6 Å². The molecule has 1 heterocycles. The van der Waals surface area contributed by atoms with Crippen LogP contribution < -0.4 is 20.7 Å². The van der Waals surface area contributed by atoms with Gasteiger partial charge in [0.05, 0.1) is 29.9 Å². The standard InChI is InChI=1S/C36H40Cl2F2N4O3/c1-7-9-20(2)42-33(45)21-12-15-27(28(16-21)47-6)43-34(46)32-30(23-10-8-11-25(38)31(23)40)36(19-41,29(44-32)18-35(3,4)5)24-14-13-22(37)17-26(24)39/h8,10-17,20,29-30,32,44H,7,9,18H2,1-6H3,(H,42,45)(H,43,46)/t20-,29+,30+,32-,36+/m1/s1. The van der Waals surface area contributed by atoms with E-state index in [1.807, 2.05) is 34.6 Å². The van der Waals surface area contributed by atoms with E-state index in [9.17, 15) is 14.9 Å². The van der Waals surface area contributed by atoms with E-state index in [2.05, 4.69) is 22.0 Å². The highest BCUT2D eigenvalue weighted by Crippen LogP contribution is 2.53. The molecule has 5 atom stereocenters. The van der Waals surface area contributed by atoms with E-state index in [0.29, 0.717) is 12.0 Å². The molecule has 0 saturated carbocycles. The van der Waals surface area contributed by atoms with E-state index < -0.39 is 41.0 Å². The largest absolute Gasteiger partial charge is 0.495 e. The second-order valence-corrected chi connectivity index (χ2v) is 14.1. The van der Waals surface area contributed by atoms with Crippen LogP contribution in [0.25, 0.3) is 0 Å². The van der Waals surface area contributed by atoms with Crippen LogP contribution in [0.2, 0.25) is 10.0 Å². The molecule has 3 aromatic carbocycles. The number of rotatable bonds is 10. The molecule has 1 fully saturated rings. The van der Waals surface area contributed by atoms with Crippen molar-refractivity contribution in [2.75, 3.05) is 12.4 Å². The molecule has 1 saturated heterocycles. The quantitative estimate of drug-likeness (QED) is 0.200. The van der Waals surface area contributed by atoms with E-state index in [-0.39, 0.29) is 50.0 Å². The topological polar surface area (TPSA) is 103 Å². The third-order valence-electron chi connectivity index (χ3n) is 8.55. The molecule has 3 aromatic rings. The van der Waals surface area contributed by atoms with Gasteiger partial charge >= 0.3 is 0 Å². The van der Waals surface area contributed by atoms with Gasteiger partial charge in [-0.3, -0.25) is 9.59 Å². The Hall–Kier alpha value is -3.71. The van der Waals surface area contributed by atoms with Crippen molar-refractivity contribution in [3.63, 3.8) is 0 Å². The van der Waals surface area contributed by atoms with Crippen molar-refractivity contribution in [2.24, 2.45) is 5.41 Å². The summed E-state index contributed by atoms with van der Waals surface area (Å²) in [5, 5.41) is 20.0. The number of carbonyl (C=O) groups excluding carboxylic acids is 2. The Balaban J connectivity index is 1.84. The lowest BCUT2D eigenvalue weighted by Crippen LogP contribution is -2.45. The lowest BCUT2D eigenvalue weighted by atomic mass is 9.62. The van der Waals surface area contributed by atoms with Crippen LogP contribution in [-0.2, 0) is 10.2 Å². The summed E-state index contributed by atoms with van der Waals surface area (Å²) in [5.74, 6) is -3.48. The van der Waals surface area contributed by atoms with Gasteiger partial charge in [0.2, 0.25) is 5.91 Å². The molecule has 0 spiro atoms. The van der Waals surface area contributed by atoms with Crippen molar-refractivity contribution < 1.29 is 23.1 Å². The molecule has 7 nitrogen and oxygen atoms in total. The van der Waals surface area contributed by atoms with Crippen LogP contribution in [0.15, 0.2) is 54.6 Å². The zero-order valence-electron chi connectivity index (χ0n) is 27.3. The number of hydrogen-bond acceptors (Lipinski definition) is 5. The number of hydrogen-bond donors (Lipinski definition) is 3. The summed E-state index contributed by atoms with van der Waals surface area (Å²) in [5.41, 5.74) is -1.60. The molecule has 0 radical (unpaired) electrons. The van der Waals surface area contributed by atoms with E-state index in [1.54, 1.807) is 12.1 Å². The number of nitriles is 1. The molecule has 0 bridgehead atoms. The Labute approximate surface area is 285 Å². The zero-order valence-corrected chi connectivity index (χ0v) is 28.8. The van der Waals surface area contributed by atoms with Crippen molar-refractivity contribution in [3.8, 4) is 11.8 Å². The normalized spacial score (nSPS) is 21.5. The second kappa shape index (κ2) is 14.6. The molecule has 47 heavy (non-hydrogen) atoms. The molecular weight excluding hydrogens is 645 g/mol. The Bertz CT molecular complexity index is 1690. The second-order valence-electron chi connectivity index (χ2n) is 13.3. The number of anilines is 1. The third-order valence-corrected chi connectivity index (χ3v) is 9.08. The average Bonchev–Trinajstić information content (AvgIpc) is 3.31. The highest BCUT2D eigenvalue weighted by Gasteiger charge is 2.61. The first kappa shape index (κ1) is 36.1. The SMILES string of the molecule is CCC[C@@H](C)NC(=O)c1ccc(NC(=O)[C@@H]2N[C@@H](CC(C)(C)C)[C@](C#N)(c3ccc(Cl)cc3F)[C@H]2c2cccc(Cl)c2F)c(OC)c1. The van der Waals surface area contributed by atoms with Gasteiger partial charge in [0.25, 0.3) is 5.91 Å². The fourth-order valence-electron chi connectivity index (χ4n) is 6.52. The van der Waals surface area contributed by atoms with Gasteiger partial charge in [0.1, 0.15) is 22.8 Å². The number of nitrogens with zero attached hydrogens (tertiary/aromatic N) is 1. The number of benzene rings is 3. The molecule has 1 aliphatic rings. The average molecular weight is 686 g/mol. The van der Waals surface area contributed by atoms with Gasteiger partial charge in [0, 0.05) is 34.2 Å². The van der Waals surface area contributed by atoms with Gasteiger partial charge in [0.15, 0.2) is 0 Å². The molecule has 250 valence electrons. The van der Waals surface area contributed by atoms with E-state index >= 15 is 8.78 Å². The zero-order chi connectivity index (χ0) is 34.7. The van der Waals surface area contributed by atoms with Crippen molar-refractivity contribution >= 4 is 40.7 Å². The minimum absolute atomic E-state index is 0.0161. The van der Waals surface area contributed by atoms with Crippen molar-refractivity contribution in [1.29, 1.82) is 5.26 Å². The predicted octanol–water partition coefficient (Wildman–Crippen LogP) is 8.16. The van der Waals surface area contributed by atoms with Gasteiger partial charge < -0.3 is 20.7 Å². The molecule has 0 unspecified atom stereocenters. The number of nitrogens with one attached hydrogen (secondary N) is 3. The summed E-state index contributed by atoms with van der Waals surface area (Å²) in [4.78, 5) is 27.2. The molecule has 1 aliphatic heterocycles. The predicted molar refractivity (Wildman–Crippen MR) is 181 cm³/mol. The summed E-state index contributed by atoms with van der Waals surface area (Å²) < 4.78 is 37.4. The fraction of sp³-hybridized carbons (Fsp3) is 0.417. The van der Waals surface area contributed by atoms with Crippen LogP contribution in [0, 0.1) is 28.4 Å². The van der Waals surface area contributed by atoms with Crippen LogP contribution in [0.1, 0.15) is 81.3 Å². The first-order chi connectivity index (χ1) is 22.2. The van der Waals surface area contributed by atoms with Gasteiger partial charge in [-0.05, 0) is 67.1 Å². The molecule has 0 aliphatic carbocycles. The molecule has 2 amide bonds. The minimum Gasteiger partial charge on any atom is -0.495 e. The highest BCUT2D eigenvalue weighted by atomic mass is 35.5. The molecule has 11 heteroatoms. The van der Waals surface area contributed by atoms with Gasteiger partial charge in [-0.15, -0.1) is 0 Å². The van der Waals surface area contributed by atoms with Gasteiger partial charge in [-0.2, -0.15) is 5.26 Å². The molecule has 4 rings (SSSR count). The Morgan fingerprint density at radius 3 is 2.47 bits per heavy atom. The maximum atomic E-state index is 15.9. The summed E-state index contributed by atoms with van der Waals surface area (Å²) in [6, 6.07) is 13.2. The number of carbonyl (C=O) groups is 2.